The van der Waals surface area contributed by atoms with Crippen molar-refractivity contribution in [1.29, 1.82) is 0 Å². The van der Waals surface area contributed by atoms with Gasteiger partial charge in [0.05, 0.1) is 22.3 Å². The maximum atomic E-state index is 11.0. The number of carboxylic acid groups (broad SMARTS) is 4. The number of rotatable bonds is 4. The molecule has 0 unspecified atom stereocenters. The summed E-state index contributed by atoms with van der Waals surface area (Å²) in [6.07, 6.45) is 0. The lowest BCUT2D eigenvalue weighted by Crippen LogP contribution is -2.18. The fraction of sp³-hybridized carbons (Fsp3) is 0.0909. The van der Waals surface area contributed by atoms with Crippen molar-refractivity contribution in [3.8, 4) is 0 Å². The molecule has 19 heavy (non-hydrogen) atoms. The molecule has 8 nitrogen and oxygen atoms in total. The molecular weight excluding hydrogens is 260 g/mol. The first-order valence-electron chi connectivity index (χ1n) is 4.79. The van der Waals surface area contributed by atoms with Crippen LogP contribution in [0.4, 0.5) is 0 Å². The van der Waals surface area contributed by atoms with Crippen LogP contribution in [0.1, 0.15) is 47.0 Å². The van der Waals surface area contributed by atoms with Crippen molar-refractivity contribution in [3.05, 3.63) is 33.9 Å². The number of hydrogen-bond donors (Lipinski definition) is 4. The van der Waals surface area contributed by atoms with Gasteiger partial charge in [-0.2, -0.15) is 0 Å². The molecule has 0 aliphatic rings. The molecule has 0 saturated carbocycles. The molecule has 0 spiro atoms. The van der Waals surface area contributed by atoms with Gasteiger partial charge >= 0.3 is 23.9 Å². The molecule has 0 saturated heterocycles. The zero-order chi connectivity index (χ0) is 14.9. The fourth-order valence-corrected chi connectivity index (χ4v) is 1.71. The van der Waals surface area contributed by atoms with Gasteiger partial charge in [0.2, 0.25) is 0 Å². The lowest BCUT2D eigenvalue weighted by molar-refractivity contribution is 0.0635. The minimum atomic E-state index is -1.65. The minimum absolute atomic E-state index is 0.419. The Labute approximate surface area is 105 Å². The average molecular weight is 268 g/mol. The molecule has 0 aliphatic carbocycles. The van der Waals surface area contributed by atoms with Crippen LogP contribution in [0, 0.1) is 6.92 Å². The van der Waals surface area contributed by atoms with Crippen LogP contribution in [-0.2, 0) is 0 Å². The normalized spacial score (nSPS) is 9.95. The molecule has 1 rings (SSSR count). The largest absolute Gasteiger partial charge is 0.478 e. The fourth-order valence-electron chi connectivity index (χ4n) is 1.71. The second-order valence-corrected chi connectivity index (χ2v) is 3.57. The number of aromatic carboxylic acids is 4. The molecule has 0 radical (unpaired) electrons. The number of benzene rings is 1. The molecule has 4 N–H and O–H groups in total. The van der Waals surface area contributed by atoms with Crippen LogP contribution >= 0.6 is 0 Å². The van der Waals surface area contributed by atoms with E-state index in [9.17, 15) is 19.2 Å². The quantitative estimate of drug-likeness (QED) is 0.625. The van der Waals surface area contributed by atoms with E-state index >= 15 is 0 Å². The molecule has 0 aromatic heterocycles. The third-order valence-corrected chi connectivity index (χ3v) is 2.47. The Morgan fingerprint density at radius 2 is 1.05 bits per heavy atom. The molecule has 0 fully saturated rings. The standard InChI is InChI=1S/C11H8O8/c1-3-6(10(16)17)4(8(12)13)2-5(9(14)15)7(3)11(18)19/h2H,1H3,(H,12,13)(H,14,15)(H,16,17)(H,18,19). The maximum absolute atomic E-state index is 11.0. The van der Waals surface area contributed by atoms with E-state index < -0.39 is 51.7 Å². The summed E-state index contributed by atoms with van der Waals surface area (Å²) < 4.78 is 0. The molecule has 0 heterocycles. The van der Waals surface area contributed by atoms with E-state index in [1.165, 1.54) is 0 Å². The third-order valence-electron chi connectivity index (χ3n) is 2.47. The van der Waals surface area contributed by atoms with Gasteiger partial charge in [0.1, 0.15) is 0 Å². The highest BCUT2D eigenvalue weighted by Crippen LogP contribution is 2.24. The SMILES string of the molecule is Cc1c(C(=O)O)c(C(=O)O)cc(C(=O)O)c1C(=O)O. The number of carbonyl (C=O) groups is 4. The van der Waals surface area contributed by atoms with Gasteiger partial charge in [-0.25, -0.2) is 19.2 Å². The van der Waals surface area contributed by atoms with Crippen molar-refractivity contribution < 1.29 is 39.6 Å². The summed E-state index contributed by atoms with van der Waals surface area (Å²) >= 11 is 0. The van der Waals surface area contributed by atoms with Gasteiger partial charge in [-0.15, -0.1) is 0 Å². The first-order chi connectivity index (χ1) is 8.68. The zero-order valence-corrected chi connectivity index (χ0v) is 9.50. The van der Waals surface area contributed by atoms with Crippen LogP contribution < -0.4 is 0 Å². The van der Waals surface area contributed by atoms with Crippen molar-refractivity contribution >= 4 is 23.9 Å². The smallest absolute Gasteiger partial charge is 0.336 e. The molecule has 100 valence electrons. The van der Waals surface area contributed by atoms with Crippen LogP contribution in [0.15, 0.2) is 6.07 Å². The second kappa shape index (κ2) is 4.77. The van der Waals surface area contributed by atoms with Gasteiger partial charge < -0.3 is 20.4 Å². The lowest BCUT2D eigenvalue weighted by Gasteiger charge is -2.11. The van der Waals surface area contributed by atoms with Crippen LogP contribution in [0.2, 0.25) is 0 Å². The van der Waals surface area contributed by atoms with E-state index in [1.54, 1.807) is 0 Å². The van der Waals surface area contributed by atoms with Gasteiger partial charge in [-0.05, 0) is 18.6 Å². The number of hydrogen-bond acceptors (Lipinski definition) is 4. The Balaban J connectivity index is 3.91. The molecular formula is C11H8O8. The molecule has 1 aromatic carbocycles. The van der Waals surface area contributed by atoms with Gasteiger partial charge in [0, 0.05) is 0 Å². The van der Waals surface area contributed by atoms with Gasteiger partial charge in [0.15, 0.2) is 0 Å². The molecule has 0 bridgehead atoms. The first kappa shape index (κ1) is 14.2. The van der Waals surface area contributed by atoms with Crippen molar-refractivity contribution in [1.82, 2.24) is 0 Å². The lowest BCUT2D eigenvalue weighted by atomic mass is 9.92. The molecule has 0 aliphatic heterocycles. The zero-order valence-electron chi connectivity index (χ0n) is 9.50. The third kappa shape index (κ3) is 2.37. The highest BCUT2D eigenvalue weighted by atomic mass is 16.4. The highest BCUT2D eigenvalue weighted by molar-refractivity contribution is 6.10. The van der Waals surface area contributed by atoms with Gasteiger partial charge in [0.25, 0.3) is 0 Å². The van der Waals surface area contributed by atoms with Crippen molar-refractivity contribution in [2.45, 2.75) is 6.92 Å². The van der Waals surface area contributed by atoms with Gasteiger partial charge in [-0.1, -0.05) is 0 Å². The van der Waals surface area contributed by atoms with E-state index in [-0.39, 0.29) is 0 Å². The van der Waals surface area contributed by atoms with Crippen molar-refractivity contribution in [3.63, 3.8) is 0 Å². The van der Waals surface area contributed by atoms with E-state index in [2.05, 4.69) is 0 Å². The predicted molar refractivity (Wildman–Crippen MR) is 59.0 cm³/mol. The maximum Gasteiger partial charge on any atom is 0.336 e. The van der Waals surface area contributed by atoms with E-state index in [1.807, 2.05) is 0 Å². The van der Waals surface area contributed by atoms with E-state index in [4.69, 9.17) is 20.4 Å². The Morgan fingerprint density at radius 3 is 1.26 bits per heavy atom. The second-order valence-electron chi connectivity index (χ2n) is 3.57. The summed E-state index contributed by atoms with van der Waals surface area (Å²) in [6, 6.07) is 0.532. The Bertz CT molecular complexity index is 563. The topological polar surface area (TPSA) is 149 Å². The van der Waals surface area contributed by atoms with Crippen LogP contribution in [-0.4, -0.2) is 44.3 Å². The molecule has 8 heteroatoms. The van der Waals surface area contributed by atoms with Crippen LogP contribution in [0.25, 0.3) is 0 Å². The highest BCUT2D eigenvalue weighted by Gasteiger charge is 2.28. The van der Waals surface area contributed by atoms with E-state index in [0.717, 1.165) is 6.92 Å². The summed E-state index contributed by atoms with van der Waals surface area (Å²) in [5.41, 5.74) is -3.44. The summed E-state index contributed by atoms with van der Waals surface area (Å²) in [5, 5.41) is 35.6. The van der Waals surface area contributed by atoms with Crippen LogP contribution in [0.5, 0.6) is 0 Å². The molecule has 1 aromatic rings. The van der Waals surface area contributed by atoms with Crippen molar-refractivity contribution in [2.24, 2.45) is 0 Å². The molecule has 0 amide bonds. The Morgan fingerprint density at radius 1 is 0.737 bits per heavy atom. The van der Waals surface area contributed by atoms with Crippen LogP contribution in [0.3, 0.4) is 0 Å². The predicted octanol–water partition coefficient (Wildman–Crippen LogP) is 0.788. The number of carboxylic acids is 4. The Kier molecular flexibility index (Phi) is 3.55. The molecule has 0 atom stereocenters. The monoisotopic (exact) mass is 268 g/mol. The summed E-state index contributed by atoms with van der Waals surface area (Å²) in [7, 11) is 0. The first-order valence-corrected chi connectivity index (χ1v) is 4.79. The summed E-state index contributed by atoms with van der Waals surface area (Å²) in [4.78, 5) is 43.9. The Hall–Kier alpha value is -2.90. The van der Waals surface area contributed by atoms with E-state index in [0.29, 0.717) is 6.07 Å². The summed E-state index contributed by atoms with van der Waals surface area (Å²) in [6.45, 7) is 1.05. The van der Waals surface area contributed by atoms with Crippen molar-refractivity contribution in [2.75, 3.05) is 0 Å². The van der Waals surface area contributed by atoms with Gasteiger partial charge in [-0.3, -0.25) is 0 Å². The summed E-state index contributed by atoms with van der Waals surface area (Å²) in [5.74, 6) is -6.59. The minimum Gasteiger partial charge on any atom is -0.478 e. The average Bonchev–Trinajstić information content (AvgIpc) is 2.25.